The molecule has 0 amide bonds. The number of benzene rings is 2. The summed E-state index contributed by atoms with van der Waals surface area (Å²) >= 11 is 0. The maximum atomic E-state index is 5.45. The van der Waals surface area contributed by atoms with Crippen molar-refractivity contribution >= 4 is 0 Å². The van der Waals surface area contributed by atoms with E-state index in [1.54, 1.807) is 0 Å². The standard InChI is InChI=1S/C15H12O/c1-3-8-14(9-4-1)10-7-13-16-15-11-5-2-6-12-15/h1-6,8-9,11-12H,13H2. The molecule has 0 saturated carbocycles. The molecule has 0 N–H and O–H groups in total. The first-order chi connectivity index (χ1) is 7.95. The Morgan fingerprint density at radius 3 is 2.12 bits per heavy atom. The third-order valence-corrected chi connectivity index (χ3v) is 2.06. The van der Waals surface area contributed by atoms with Gasteiger partial charge in [0.25, 0.3) is 0 Å². The monoisotopic (exact) mass is 208 g/mol. The molecule has 0 aliphatic rings. The van der Waals surface area contributed by atoms with Crippen LogP contribution in [0.15, 0.2) is 60.7 Å². The van der Waals surface area contributed by atoms with Crippen LogP contribution in [0, 0.1) is 11.8 Å². The molecule has 0 unspecified atom stereocenters. The zero-order valence-electron chi connectivity index (χ0n) is 8.89. The molecule has 0 heterocycles. The average Bonchev–Trinajstić information content (AvgIpc) is 2.37. The van der Waals surface area contributed by atoms with Gasteiger partial charge in [-0.25, -0.2) is 0 Å². The van der Waals surface area contributed by atoms with Crippen molar-refractivity contribution in [2.75, 3.05) is 6.61 Å². The van der Waals surface area contributed by atoms with Crippen LogP contribution in [0.5, 0.6) is 5.75 Å². The van der Waals surface area contributed by atoms with Gasteiger partial charge in [0.1, 0.15) is 12.4 Å². The normalized spacial score (nSPS) is 9.00. The van der Waals surface area contributed by atoms with Crippen LogP contribution in [0.3, 0.4) is 0 Å². The smallest absolute Gasteiger partial charge is 0.149 e. The molecule has 2 rings (SSSR count). The van der Waals surface area contributed by atoms with Gasteiger partial charge in [0.15, 0.2) is 0 Å². The van der Waals surface area contributed by atoms with Crippen molar-refractivity contribution in [1.29, 1.82) is 0 Å². The van der Waals surface area contributed by atoms with E-state index in [-0.39, 0.29) is 0 Å². The van der Waals surface area contributed by atoms with Gasteiger partial charge in [0.2, 0.25) is 0 Å². The van der Waals surface area contributed by atoms with E-state index >= 15 is 0 Å². The Hall–Kier alpha value is -2.20. The summed E-state index contributed by atoms with van der Waals surface area (Å²) in [6, 6.07) is 19.6. The first-order valence-corrected chi connectivity index (χ1v) is 5.17. The summed E-state index contributed by atoms with van der Waals surface area (Å²) in [5, 5.41) is 0. The third-order valence-electron chi connectivity index (χ3n) is 2.06. The van der Waals surface area contributed by atoms with Gasteiger partial charge in [-0.15, -0.1) is 0 Å². The van der Waals surface area contributed by atoms with E-state index in [1.165, 1.54) is 0 Å². The summed E-state index contributed by atoms with van der Waals surface area (Å²) in [5.41, 5.74) is 1.01. The van der Waals surface area contributed by atoms with Gasteiger partial charge in [-0.3, -0.25) is 0 Å². The number of hydrogen-bond acceptors (Lipinski definition) is 1. The van der Waals surface area contributed by atoms with E-state index in [2.05, 4.69) is 11.8 Å². The van der Waals surface area contributed by atoms with Gasteiger partial charge >= 0.3 is 0 Å². The predicted molar refractivity (Wildman–Crippen MR) is 65.3 cm³/mol. The fourth-order valence-corrected chi connectivity index (χ4v) is 1.30. The minimum atomic E-state index is 0.416. The number of para-hydroxylation sites is 1. The van der Waals surface area contributed by atoms with Gasteiger partial charge in [0, 0.05) is 5.56 Å². The average molecular weight is 208 g/mol. The highest BCUT2D eigenvalue weighted by Gasteiger charge is 1.87. The molecule has 0 bridgehead atoms. The molecule has 0 fully saturated rings. The lowest BCUT2D eigenvalue weighted by atomic mass is 10.2. The lowest BCUT2D eigenvalue weighted by Gasteiger charge is -1.99. The molecule has 16 heavy (non-hydrogen) atoms. The minimum Gasteiger partial charge on any atom is -0.481 e. The van der Waals surface area contributed by atoms with Crippen molar-refractivity contribution in [2.24, 2.45) is 0 Å². The Kier molecular flexibility index (Phi) is 3.63. The van der Waals surface area contributed by atoms with Crippen molar-refractivity contribution in [2.45, 2.75) is 0 Å². The molecule has 0 spiro atoms. The fraction of sp³-hybridized carbons (Fsp3) is 0.0667. The zero-order valence-corrected chi connectivity index (χ0v) is 8.89. The largest absolute Gasteiger partial charge is 0.481 e. The van der Waals surface area contributed by atoms with Crippen LogP contribution in [0.1, 0.15) is 5.56 Å². The molecule has 0 aliphatic carbocycles. The number of hydrogen-bond donors (Lipinski definition) is 0. The van der Waals surface area contributed by atoms with Crippen LogP contribution in [-0.2, 0) is 0 Å². The van der Waals surface area contributed by atoms with E-state index in [9.17, 15) is 0 Å². The molecule has 78 valence electrons. The fourth-order valence-electron chi connectivity index (χ4n) is 1.30. The molecule has 2 aromatic rings. The predicted octanol–water partition coefficient (Wildman–Crippen LogP) is 3.12. The van der Waals surface area contributed by atoms with E-state index in [1.807, 2.05) is 60.7 Å². The summed E-state index contributed by atoms with van der Waals surface area (Å²) in [4.78, 5) is 0. The topological polar surface area (TPSA) is 9.23 Å². The number of rotatable bonds is 2. The van der Waals surface area contributed by atoms with Crippen LogP contribution < -0.4 is 4.74 Å². The molecule has 0 aliphatic heterocycles. The van der Waals surface area contributed by atoms with E-state index in [0.717, 1.165) is 11.3 Å². The Morgan fingerprint density at radius 1 is 0.812 bits per heavy atom. The second kappa shape index (κ2) is 5.63. The van der Waals surface area contributed by atoms with Gasteiger partial charge in [-0.05, 0) is 24.3 Å². The van der Waals surface area contributed by atoms with Crippen LogP contribution >= 0.6 is 0 Å². The summed E-state index contributed by atoms with van der Waals surface area (Å²) in [6.07, 6.45) is 0. The Balaban J connectivity index is 1.87. The van der Waals surface area contributed by atoms with Crippen LogP contribution in [0.25, 0.3) is 0 Å². The van der Waals surface area contributed by atoms with Crippen LogP contribution in [-0.4, -0.2) is 6.61 Å². The summed E-state index contributed by atoms with van der Waals surface area (Å²) in [6.45, 7) is 0.416. The van der Waals surface area contributed by atoms with E-state index in [0.29, 0.717) is 6.61 Å². The van der Waals surface area contributed by atoms with Gasteiger partial charge < -0.3 is 4.74 Å². The lowest BCUT2D eigenvalue weighted by molar-refractivity contribution is 0.370. The Labute approximate surface area is 95.7 Å². The maximum absolute atomic E-state index is 5.45. The molecule has 1 nitrogen and oxygen atoms in total. The molecule has 1 heteroatoms. The first-order valence-electron chi connectivity index (χ1n) is 5.17. The first kappa shape index (κ1) is 10.3. The molecule has 0 atom stereocenters. The number of ether oxygens (including phenoxy) is 1. The Bertz CT molecular complexity index is 477. The SMILES string of the molecule is C(#Cc1ccccc1)COc1ccccc1. The highest BCUT2D eigenvalue weighted by Crippen LogP contribution is 2.07. The van der Waals surface area contributed by atoms with E-state index < -0.39 is 0 Å². The van der Waals surface area contributed by atoms with Crippen molar-refractivity contribution in [3.05, 3.63) is 66.2 Å². The molecule has 0 aromatic heterocycles. The van der Waals surface area contributed by atoms with Gasteiger partial charge in [0.05, 0.1) is 0 Å². The lowest BCUT2D eigenvalue weighted by Crippen LogP contribution is -1.93. The van der Waals surface area contributed by atoms with Crippen molar-refractivity contribution < 1.29 is 4.74 Å². The molecule has 0 radical (unpaired) electrons. The molecular weight excluding hydrogens is 196 g/mol. The van der Waals surface area contributed by atoms with Crippen molar-refractivity contribution in [1.82, 2.24) is 0 Å². The van der Waals surface area contributed by atoms with Crippen molar-refractivity contribution in [3.8, 4) is 17.6 Å². The van der Waals surface area contributed by atoms with E-state index in [4.69, 9.17) is 4.74 Å². The van der Waals surface area contributed by atoms with Gasteiger partial charge in [-0.2, -0.15) is 0 Å². The second-order valence-corrected chi connectivity index (χ2v) is 3.27. The van der Waals surface area contributed by atoms with Crippen molar-refractivity contribution in [3.63, 3.8) is 0 Å². The highest BCUT2D eigenvalue weighted by molar-refractivity contribution is 5.33. The summed E-state index contributed by atoms with van der Waals surface area (Å²) < 4.78 is 5.45. The Morgan fingerprint density at radius 2 is 1.44 bits per heavy atom. The highest BCUT2D eigenvalue weighted by atomic mass is 16.5. The minimum absolute atomic E-state index is 0.416. The van der Waals surface area contributed by atoms with Gasteiger partial charge in [-0.1, -0.05) is 48.2 Å². The third kappa shape index (κ3) is 3.18. The van der Waals surface area contributed by atoms with Crippen LogP contribution in [0.4, 0.5) is 0 Å². The summed E-state index contributed by atoms with van der Waals surface area (Å²) in [7, 11) is 0. The molecular formula is C15H12O. The maximum Gasteiger partial charge on any atom is 0.149 e. The quantitative estimate of drug-likeness (QED) is 0.689. The zero-order chi connectivity index (χ0) is 11.1. The van der Waals surface area contributed by atoms with Crippen LogP contribution in [0.2, 0.25) is 0 Å². The second-order valence-electron chi connectivity index (χ2n) is 3.27. The molecule has 0 saturated heterocycles. The molecule has 2 aromatic carbocycles. The summed E-state index contributed by atoms with van der Waals surface area (Å²) in [5.74, 6) is 6.87.